The van der Waals surface area contributed by atoms with Crippen molar-refractivity contribution in [2.45, 2.75) is 17.2 Å². The lowest BCUT2D eigenvalue weighted by molar-refractivity contribution is -0.117. The first-order valence-electron chi connectivity index (χ1n) is 9.65. The molecule has 2 atom stereocenters. The molecule has 1 heterocycles. The second-order valence-corrected chi connectivity index (χ2v) is 10.7. The van der Waals surface area contributed by atoms with Gasteiger partial charge in [-0.05, 0) is 48.4 Å². The van der Waals surface area contributed by atoms with Crippen LogP contribution in [0.3, 0.4) is 0 Å². The summed E-state index contributed by atoms with van der Waals surface area (Å²) in [5.74, 6) is -2.01. The molecule has 1 aromatic heterocycles. The van der Waals surface area contributed by atoms with E-state index in [1.807, 2.05) is 19.1 Å². The molecule has 3 aromatic rings. The number of aryl methyl sites for hydroxylation is 1. The zero-order valence-corrected chi connectivity index (χ0v) is 20.8. The molecule has 0 radical (unpaired) electrons. The summed E-state index contributed by atoms with van der Waals surface area (Å²) in [6, 6.07) is 10.0. The van der Waals surface area contributed by atoms with E-state index < -0.39 is 22.1 Å². The molecule has 0 spiro atoms. The number of hydrogen-bond acceptors (Lipinski definition) is 5. The molecule has 1 saturated carbocycles. The van der Waals surface area contributed by atoms with E-state index in [0.717, 1.165) is 11.1 Å². The molecule has 6 nitrogen and oxygen atoms in total. The number of anilines is 1. The molecule has 1 aliphatic carbocycles. The minimum Gasteiger partial charge on any atom is -0.326 e. The molecule has 2 unspecified atom stereocenters. The van der Waals surface area contributed by atoms with Crippen LogP contribution < -0.4 is 10.7 Å². The van der Waals surface area contributed by atoms with Gasteiger partial charge in [0.2, 0.25) is 5.91 Å². The Labute approximate surface area is 213 Å². The molecule has 0 saturated heterocycles. The molecule has 11 heteroatoms. The van der Waals surface area contributed by atoms with Crippen LogP contribution in [0.15, 0.2) is 53.1 Å². The first-order chi connectivity index (χ1) is 15.7. The average molecular weight is 542 g/mol. The lowest BCUT2D eigenvalue weighted by Gasteiger charge is -2.09. The summed E-state index contributed by atoms with van der Waals surface area (Å²) < 4.78 is -1.27. The Bertz CT molecular complexity index is 1230. The highest BCUT2D eigenvalue weighted by molar-refractivity contribution is 7.11. The second kappa shape index (κ2) is 9.60. The van der Waals surface area contributed by atoms with Gasteiger partial charge in [0.1, 0.15) is 9.34 Å². The Hall–Kier alpha value is -2.16. The molecule has 2 N–H and O–H groups in total. The lowest BCUT2D eigenvalue weighted by Crippen LogP contribution is -2.20. The summed E-state index contributed by atoms with van der Waals surface area (Å²) in [7, 11) is 0. The van der Waals surface area contributed by atoms with Gasteiger partial charge in [-0.2, -0.15) is 5.10 Å². The Morgan fingerprint density at radius 2 is 1.97 bits per heavy atom. The second-order valence-electron chi connectivity index (χ2n) is 7.45. The number of aromatic nitrogens is 1. The van der Waals surface area contributed by atoms with Crippen molar-refractivity contribution in [2.24, 2.45) is 11.0 Å². The molecule has 1 fully saturated rings. The first-order valence-corrected chi connectivity index (χ1v) is 12.0. The summed E-state index contributed by atoms with van der Waals surface area (Å²) >= 11 is 26.6. The zero-order valence-electron chi connectivity index (χ0n) is 17.0. The molecule has 1 aliphatic rings. The number of thiazole rings is 1. The number of carbonyl (C=O) groups is 2. The Balaban J connectivity index is 1.46. The first kappa shape index (κ1) is 24.0. The quantitative estimate of drug-likeness (QED) is 0.226. The van der Waals surface area contributed by atoms with Crippen LogP contribution in [0.2, 0.25) is 10.0 Å². The van der Waals surface area contributed by atoms with Gasteiger partial charge in [0.25, 0.3) is 5.91 Å². The standard InChI is InChI=1S/C22H16Cl4N4O2S/c1-11-6-12(8-13(23)7-11)18-19(22(18,25)26)21(32)29-14-2-3-16(24)15(9-14)20(31)30-28-10-17-27-4-5-33-17/h2-10,18-19H,1H3,(H,29,32)(H,30,31)/b28-10+. The number of benzene rings is 2. The number of rotatable bonds is 6. The largest absolute Gasteiger partial charge is 0.326 e. The third-order valence-electron chi connectivity index (χ3n) is 5.03. The number of nitrogens with zero attached hydrogens (tertiary/aromatic N) is 2. The maximum Gasteiger partial charge on any atom is 0.272 e. The fraction of sp³-hybridized carbons (Fsp3) is 0.182. The smallest absolute Gasteiger partial charge is 0.272 e. The monoisotopic (exact) mass is 540 g/mol. The third-order valence-corrected chi connectivity index (χ3v) is 7.23. The van der Waals surface area contributed by atoms with E-state index in [0.29, 0.717) is 15.7 Å². The van der Waals surface area contributed by atoms with Crippen molar-refractivity contribution < 1.29 is 9.59 Å². The predicted molar refractivity (Wildman–Crippen MR) is 134 cm³/mol. The van der Waals surface area contributed by atoms with Crippen molar-refractivity contribution in [2.75, 3.05) is 5.32 Å². The molecule has 0 bridgehead atoms. The van der Waals surface area contributed by atoms with Crippen LogP contribution in [0.1, 0.15) is 32.4 Å². The van der Waals surface area contributed by atoms with Crippen molar-refractivity contribution in [3.05, 3.63) is 79.7 Å². The highest BCUT2D eigenvalue weighted by Crippen LogP contribution is 2.65. The summed E-state index contributed by atoms with van der Waals surface area (Å²) in [5, 5.41) is 9.82. The van der Waals surface area contributed by atoms with Gasteiger partial charge in [0.05, 0.1) is 22.7 Å². The van der Waals surface area contributed by atoms with E-state index in [1.165, 1.54) is 29.7 Å². The van der Waals surface area contributed by atoms with E-state index in [2.05, 4.69) is 20.8 Å². The maximum atomic E-state index is 12.9. The van der Waals surface area contributed by atoms with E-state index in [-0.39, 0.29) is 16.5 Å². The highest BCUT2D eigenvalue weighted by atomic mass is 35.5. The molecule has 2 aromatic carbocycles. The summed E-state index contributed by atoms with van der Waals surface area (Å²) in [4.78, 5) is 29.5. The number of halogens is 4. The predicted octanol–water partition coefficient (Wildman–Crippen LogP) is 6.05. The van der Waals surface area contributed by atoms with Gasteiger partial charge in [-0.15, -0.1) is 34.5 Å². The van der Waals surface area contributed by atoms with Crippen LogP contribution in [-0.2, 0) is 4.79 Å². The van der Waals surface area contributed by atoms with Crippen molar-refractivity contribution in [1.82, 2.24) is 10.4 Å². The summed E-state index contributed by atoms with van der Waals surface area (Å²) in [6.07, 6.45) is 3.05. The van der Waals surface area contributed by atoms with Crippen LogP contribution in [0.25, 0.3) is 0 Å². The van der Waals surface area contributed by atoms with E-state index in [4.69, 9.17) is 46.4 Å². The van der Waals surface area contributed by atoms with Crippen molar-refractivity contribution in [1.29, 1.82) is 0 Å². The van der Waals surface area contributed by atoms with Gasteiger partial charge in [0, 0.05) is 28.2 Å². The van der Waals surface area contributed by atoms with E-state index in [9.17, 15) is 9.59 Å². The van der Waals surface area contributed by atoms with Gasteiger partial charge in [0.15, 0.2) is 0 Å². The number of alkyl halides is 2. The molecule has 2 amide bonds. The topological polar surface area (TPSA) is 83.5 Å². The van der Waals surface area contributed by atoms with Crippen LogP contribution >= 0.6 is 57.7 Å². The molecular weight excluding hydrogens is 526 g/mol. The Kier molecular flexibility index (Phi) is 6.98. The minimum absolute atomic E-state index is 0.145. The third kappa shape index (κ3) is 5.34. The molecule has 33 heavy (non-hydrogen) atoms. The van der Waals surface area contributed by atoms with Crippen LogP contribution in [0.4, 0.5) is 5.69 Å². The number of hydrazone groups is 1. The number of hydrogen-bond donors (Lipinski definition) is 2. The fourth-order valence-corrected chi connectivity index (χ4v) is 5.34. The van der Waals surface area contributed by atoms with Crippen LogP contribution in [0.5, 0.6) is 0 Å². The fourth-order valence-electron chi connectivity index (χ4n) is 3.51. The maximum absolute atomic E-state index is 12.9. The van der Waals surface area contributed by atoms with Crippen LogP contribution in [0, 0.1) is 12.8 Å². The van der Waals surface area contributed by atoms with Crippen LogP contribution in [-0.4, -0.2) is 27.3 Å². The van der Waals surface area contributed by atoms with Crippen molar-refractivity contribution in [3.8, 4) is 0 Å². The van der Waals surface area contributed by atoms with Gasteiger partial charge >= 0.3 is 0 Å². The number of carbonyl (C=O) groups excluding carboxylic acids is 2. The molecule has 0 aliphatic heterocycles. The summed E-state index contributed by atoms with van der Waals surface area (Å²) in [5.41, 5.74) is 4.64. The van der Waals surface area contributed by atoms with Crippen molar-refractivity contribution in [3.63, 3.8) is 0 Å². The number of nitrogens with one attached hydrogen (secondary N) is 2. The van der Waals surface area contributed by atoms with Gasteiger partial charge < -0.3 is 5.32 Å². The molecule has 4 rings (SSSR count). The molecular formula is C22H16Cl4N4O2S. The van der Waals surface area contributed by atoms with Gasteiger partial charge in [-0.1, -0.05) is 29.3 Å². The van der Waals surface area contributed by atoms with E-state index in [1.54, 1.807) is 23.7 Å². The highest BCUT2D eigenvalue weighted by Gasteiger charge is 2.67. The Morgan fingerprint density at radius 1 is 1.18 bits per heavy atom. The SMILES string of the molecule is Cc1cc(Cl)cc(C2C(C(=O)Nc3ccc(Cl)c(C(=O)N/N=C/c4nccs4)c3)C2(Cl)Cl)c1. The van der Waals surface area contributed by atoms with Gasteiger partial charge in [-0.25, -0.2) is 10.4 Å². The average Bonchev–Trinajstić information content (AvgIpc) is 3.06. The lowest BCUT2D eigenvalue weighted by atomic mass is 10.1. The van der Waals surface area contributed by atoms with Crippen molar-refractivity contribution >= 4 is 81.5 Å². The van der Waals surface area contributed by atoms with E-state index >= 15 is 0 Å². The number of amides is 2. The van der Waals surface area contributed by atoms with Gasteiger partial charge in [-0.3, -0.25) is 9.59 Å². The summed E-state index contributed by atoms with van der Waals surface area (Å²) in [6.45, 7) is 1.90. The minimum atomic E-state index is -1.27. The molecule has 170 valence electrons. The normalized spacial score (nSPS) is 18.8. The zero-order chi connectivity index (χ0) is 23.8. The Morgan fingerprint density at radius 3 is 2.67 bits per heavy atom.